The Hall–Kier alpha value is -0.0400. The smallest absolute Gasteiger partial charge is 0.0124 e. The molecule has 2 rings (SSSR count). The predicted molar refractivity (Wildman–Crippen MR) is 79.8 cm³/mol. The van der Waals surface area contributed by atoms with E-state index in [1.807, 2.05) is 0 Å². The van der Waals surface area contributed by atoms with Gasteiger partial charge < -0.3 is 5.32 Å². The second-order valence-electron chi connectivity index (χ2n) is 6.74. The molecule has 0 aromatic rings. The molecule has 1 heteroatoms. The second-order valence-corrected chi connectivity index (χ2v) is 6.74. The Balaban J connectivity index is 1.72. The van der Waals surface area contributed by atoms with Crippen molar-refractivity contribution in [3.05, 3.63) is 0 Å². The molecule has 2 aliphatic carbocycles. The molecule has 2 aliphatic rings. The molecule has 0 aromatic carbocycles. The van der Waals surface area contributed by atoms with Crippen LogP contribution in [0.5, 0.6) is 0 Å². The van der Waals surface area contributed by atoms with Gasteiger partial charge in [-0.25, -0.2) is 0 Å². The number of nitrogens with one attached hydrogen (secondary N) is 1. The molecule has 0 radical (unpaired) electrons. The summed E-state index contributed by atoms with van der Waals surface area (Å²) in [4.78, 5) is 0. The fourth-order valence-electron chi connectivity index (χ4n) is 3.81. The highest BCUT2D eigenvalue weighted by Crippen LogP contribution is 2.42. The summed E-state index contributed by atoms with van der Waals surface area (Å²) in [6.07, 6.45) is 14.7. The first-order valence-corrected chi connectivity index (χ1v) is 8.58. The van der Waals surface area contributed by atoms with Crippen LogP contribution in [-0.2, 0) is 0 Å². The third-order valence-corrected chi connectivity index (χ3v) is 5.13. The number of rotatable bonds is 8. The van der Waals surface area contributed by atoms with Crippen molar-refractivity contribution >= 4 is 0 Å². The molecule has 0 heterocycles. The third-order valence-electron chi connectivity index (χ3n) is 5.13. The van der Waals surface area contributed by atoms with Crippen molar-refractivity contribution in [2.45, 2.75) is 84.1 Å². The van der Waals surface area contributed by atoms with Crippen LogP contribution in [-0.4, -0.2) is 12.6 Å². The number of hydrogen-bond donors (Lipinski definition) is 1. The largest absolute Gasteiger partial charge is 0.313 e. The molecule has 2 saturated carbocycles. The highest BCUT2D eigenvalue weighted by atomic mass is 14.9. The summed E-state index contributed by atoms with van der Waals surface area (Å²) in [7, 11) is 0. The van der Waals surface area contributed by atoms with Crippen LogP contribution in [0.3, 0.4) is 0 Å². The molecule has 0 bridgehead atoms. The first kappa shape index (κ1) is 14.4. The molecule has 1 nitrogen and oxygen atoms in total. The maximum Gasteiger partial charge on any atom is 0.0124 e. The van der Waals surface area contributed by atoms with E-state index in [4.69, 9.17) is 0 Å². The van der Waals surface area contributed by atoms with Gasteiger partial charge in [0.1, 0.15) is 0 Å². The normalized spacial score (nSPS) is 30.3. The first-order chi connectivity index (χ1) is 8.85. The Morgan fingerprint density at radius 3 is 2.00 bits per heavy atom. The van der Waals surface area contributed by atoms with E-state index >= 15 is 0 Å². The molecular formula is C17H33N. The lowest BCUT2D eigenvalue weighted by molar-refractivity contribution is 0.199. The van der Waals surface area contributed by atoms with Crippen LogP contribution in [0, 0.1) is 17.8 Å². The monoisotopic (exact) mass is 251 g/mol. The molecular weight excluding hydrogens is 218 g/mol. The molecule has 0 aliphatic heterocycles. The highest BCUT2D eigenvalue weighted by molar-refractivity contribution is 4.92. The van der Waals surface area contributed by atoms with Gasteiger partial charge >= 0.3 is 0 Å². The topological polar surface area (TPSA) is 12.0 Å². The Morgan fingerprint density at radius 1 is 0.889 bits per heavy atom. The van der Waals surface area contributed by atoms with E-state index in [1.165, 1.54) is 70.8 Å². The second kappa shape index (κ2) is 7.53. The van der Waals surface area contributed by atoms with Gasteiger partial charge in [-0.1, -0.05) is 46.0 Å². The Labute approximate surface area is 114 Å². The average Bonchev–Trinajstić information content (AvgIpc) is 3.23. The first-order valence-electron chi connectivity index (χ1n) is 8.58. The lowest BCUT2D eigenvalue weighted by Gasteiger charge is -2.34. The lowest BCUT2D eigenvalue weighted by atomic mass is 9.75. The van der Waals surface area contributed by atoms with Crippen molar-refractivity contribution in [2.75, 3.05) is 6.54 Å². The Kier molecular flexibility index (Phi) is 6.01. The van der Waals surface area contributed by atoms with E-state index in [2.05, 4.69) is 19.2 Å². The lowest BCUT2D eigenvalue weighted by Crippen LogP contribution is -2.40. The quantitative estimate of drug-likeness (QED) is 0.656. The summed E-state index contributed by atoms with van der Waals surface area (Å²) in [6, 6.07) is 0.872. The number of hydrogen-bond acceptors (Lipinski definition) is 1. The minimum absolute atomic E-state index is 0.872. The Morgan fingerprint density at radius 2 is 1.50 bits per heavy atom. The summed E-state index contributed by atoms with van der Waals surface area (Å²) in [5.41, 5.74) is 0. The van der Waals surface area contributed by atoms with Crippen LogP contribution in [0.4, 0.5) is 0 Å². The summed E-state index contributed by atoms with van der Waals surface area (Å²) < 4.78 is 0. The fraction of sp³-hybridized carbons (Fsp3) is 1.00. The zero-order valence-corrected chi connectivity index (χ0v) is 12.6. The van der Waals surface area contributed by atoms with Crippen LogP contribution in [0.25, 0.3) is 0 Å². The van der Waals surface area contributed by atoms with Gasteiger partial charge in [0, 0.05) is 6.04 Å². The number of unbranched alkanes of at least 4 members (excludes halogenated alkanes) is 1. The van der Waals surface area contributed by atoms with Gasteiger partial charge in [0.15, 0.2) is 0 Å². The van der Waals surface area contributed by atoms with E-state index in [-0.39, 0.29) is 0 Å². The van der Waals surface area contributed by atoms with Crippen molar-refractivity contribution in [3.8, 4) is 0 Å². The molecule has 0 spiro atoms. The maximum atomic E-state index is 3.86. The van der Waals surface area contributed by atoms with E-state index in [0.717, 1.165) is 23.8 Å². The van der Waals surface area contributed by atoms with Crippen LogP contribution in [0.2, 0.25) is 0 Å². The zero-order valence-electron chi connectivity index (χ0n) is 12.6. The van der Waals surface area contributed by atoms with Crippen LogP contribution >= 0.6 is 0 Å². The van der Waals surface area contributed by atoms with E-state index in [0.29, 0.717) is 0 Å². The van der Waals surface area contributed by atoms with Gasteiger partial charge in [0.05, 0.1) is 0 Å². The van der Waals surface area contributed by atoms with Gasteiger partial charge in [-0.05, 0) is 56.4 Å². The Bertz CT molecular complexity index is 214. The standard InChI is InChI=1S/C17H33N/c1-3-5-6-14-7-9-15(10-8-14)17(16-11-12-16)18-13-4-2/h14-18H,3-13H2,1-2H3. The molecule has 1 unspecified atom stereocenters. The summed E-state index contributed by atoms with van der Waals surface area (Å²) in [5, 5.41) is 3.86. The van der Waals surface area contributed by atoms with E-state index < -0.39 is 0 Å². The van der Waals surface area contributed by atoms with Crippen molar-refractivity contribution in [1.29, 1.82) is 0 Å². The summed E-state index contributed by atoms with van der Waals surface area (Å²) in [5.74, 6) is 3.10. The summed E-state index contributed by atoms with van der Waals surface area (Å²) in [6.45, 7) is 5.85. The molecule has 2 fully saturated rings. The molecule has 0 aromatic heterocycles. The highest BCUT2D eigenvalue weighted by Gasteiger charge is 2.37. The van der Waals surface area contributed by atoms with Gasteiger partial charge in [-0.2, -0.15) is 0 Å². The molecule has 1 N–H and O–H groups in total. The molecule has 18 heavy (non-hydrogen) atoms. The minimum atomic E-state index is 0.872. The van der Waals surface area contributed by atoms with Gasteiger partial charge in [-0.3, -0.25) is 0 Å². The van der Waals surface area contributed by atoms with Gasteiger partial charge in [0.2, 0.25) is 0 Å². The minimum Gasteiger partial charge on any atom is -0.313 e. The molecule has 0 saturated heterocycles. The van der Waals surface area contributed by atoms with Crippen LogP contribution < -0.4 is 5.32 Å². The van der Waals surface area contributed by atoms with Crippen LogP contribution in [0.1, 0.15) is 78.1 Å². The maximum absolute atomic E-state index is 3.86. The van der Waals surface area contributed by atoms with E-state index in [1.54, 1.807) is 0 Å². The van der Waals surface area contributed by atoms with Gasteiger partial charge in [-0.15, -0.1) is 0 Å². The van der Waals surface area contributed by atoms with Crippen molar-refractivity contribution in [1.82, 2.24) is 5.32 Å². The SMILES string of the molecule is CCCCC1CCC(C(NCCC)C2CC2)CC1. The van der Waals surface area contributed by atoms with Crippen molar-refractivity contribution in [3.63, 3.8) is 0 Å². The summed E-state index contributed by atoms with van der Waals surface area (Å²) >= 11 is 0. The van der Waals surface area contributed by atoms with Crippen molar-refractivity contribution in [2.24, 2.45) is 17.8 Å². The predicted octanol–water partition coefficient (Wildman–Crippen LogP) is 4.76. The molecule has 1 atom stereocenters. The molecule has 0 amide bonds. The molecule has 106 valence electrons. The van der Waals surface area contributed by atoms with Crippen LogP contribution in [0.15, 0.2) is 0 Å². The fourth-order valence-corrected chi connectivity index (χ4v) is 3.81. The van der Waals surface area contributed by atoms with Crippen molar-refractivity contribution < 1.29 is 0 Å². The third kappa shape index (κ3) is 4.26. The van der Waals surface area contributed by atoms with E-state index in [9.17, 15) is 0 Å². The average molecular weight is 251 g/mol. The zero-order chi connectivity index (χ0) is 12.8. The van der Waals surface area contributed by atoms with Gasteiger partial charge in [0.25, 0.3) is 0 Å².